The van der Waals surface area contributed by atoms with Crippen LogP contribution in [0.4, 0.5) is 0 Å². The molecule has 0 bridgehead atoms. The fraction of sp³-hybridized carbons (Fsp3) is 0.867. The molecule has 0 heterocycles. The summed E-state index contributed by atoms with van der Waals surface area (Å²) >= 11 is 0. The van der Waals surface area contributed by atoms with Crippen LogP contribution in [0, 0.1) is 11.8 Å². The van der Waals surface area contributed by atoms with E-state index in [0.29, 0.717) is 0 Å². The second-order valence-electron chi connectivity index (χ2n) is 5.71. The molecule has 0 spiro atoms. The highest BCUT2D eigenvalue weighted by molar-refractivity contribution is 5.74. The van der Waals surface area contributed by atoms with Crippen LogP contribution in [-0.2, 0) is 19.1 Å². The molecule has 0 N–H and O–H groups in total. The third kappa shape index (κ3) is 4.51. The lowest BCUT2D eigenvalue weighted by Crippen LogP contribution is -2.25. The fourth-order valence-electron chi connectivity index (χ4n) is 3.06. The molecule has 0 aromatic rings. The summed E-state index contributed by atoms with van der Waals surface area (Å²) in [5.74, 6) is -0.364. The number of ether oxygens (including phenoxy) is 2. The van der Waals surface area contributed by atoms with Gasteiger partial charge in [0.2, 0.25) is 6.79 Å². The number of carbonyl (C=O) groups excluding carboxylic acids is 2. The van der Waals surface area contributed by atoms with Crippen LogP contribution in [0.3, 0.4) is 0 Å². The quantitative estimate of drug-likeness (QED) is 0.580. The molecule has 2 fully saturated rings. The van der Waals surface area contributed by atoms with E-state index in [2.05, 4.69) is 0 Å². The molecule has 4 nitrogen and oxygen atoms in total. The maximum absolute atomic E-state index is 11.7. The number of rotatable bonds is 4. The Kier molecular flexibility index (Phi) is 5.67. The number of esters is 2. The van der Waals surface area contributed by atoms with E-state index in [4.69, 9.17) is 9.47 Å². The molecule has 0 unspecified atom stereocenters. The molecular formula is C15H24O4. The van der Waals surface area contributed by atoms with Crippen molar-refractivity contribution < 1.29 is 19.1 Å². The molecule has 0 aromatic heterocycles. The number of hydrogen-bond donors (Lipinski definition) is 0. The largest absolute Gasteiger partial charge is 0.428 e. The van der Waals surface area contributed by atoms with Gasteiger partial charge in [-0.3, -0.25) is 9.59 Å². The highest BCUT2D eigenvalue weighted by atomic mass is 16.7. The van der Waals surface area contributed by atoms with Crippen molar-refractivity contribution >= 4 is 11.9 Å². The smallest absolute Gasteiger partial charge is 0.311 e. The van der Waals surface area contributed by atoms with Crippen molar-refractivity contribution in [3.63, 3.8) is 0 Å². The van der Waals surface area contributed by atoms with Gasteiger partial charge in [-0.15, -0.1) is 0 Å². The summed E-state index contributed by atoms with van der Waals surface area (Å²) in [5, 5.41) is 0. The molecule has 0 amide bonds. The zero-order valence-corrected chi connectivity index (χ0v) is 11.6. The summed E-state index contributed by atoms with van der Waals surface area (Å²) in [6.45, 7) is -0.204. The predicted molar refractivity (Wildman–Crippen MR) is 70.2 cm³/mol. The summed E-state index contributed by atoms with van der Waals surface area (Å²) in [6, 6.07) is 0. The van der Waals surface area contributed by atoms with Crippen molar-refractivity contribution in [1.29, 1.82) is 0 Å². The molecule has 0 aliphatic heterocycles. The van der Waals surface area contributed by atoms with E-state index in [1.807, 2.05) is 0 Å². The predicted octanol–water partition coefficient (Wildman–Crippen LogP) is 3.19. The van der Waals surface area contributed by atoms with Crippen LogP contribution in [0.25, 0.3) is 0 Å². The lowest BCUT2D eigenvalue weighted by molar-refractivity contribution is -0.174. The van der Waals surface area contributed by atoms with Crippen molar-refractivity contribution in [3.05, 3.63) is 0 Å². The van der Waals surface area contributed by atoms with E-state index >= 15 is 0 Å². The molecule has 2 aliphatic rings. The zero-order valence-electron chi connectivity index (χ0n) is 11.6. The third-order valence-corrected chi connectivity index (χ3v) is 4.28. The van der Waals surface area contributed by atoms with Gasteiger partial charge >= 0.3 is 11.9 Å². The Bertz CT molecular complexity index is 271. The minimum atomic E-state index is -0.204. The summed E-state index contributed by atoms with van der Waals surface area (Å²) < 4.78 is 10.1. The summed E-state index contributed by atoms with van der Waals surface area (Å²) in [6.07, 6.45) is 10.5. The average Bonchev–Trinajstić information content (AvgIpc) is 2.49. The molecule has 108 valence electrons. The molecule has 19 heavy (non-hydrogen) atoms. The van der Waals surface area contributed by atoms with Crippen LogP contribution in [0.5, 0.6) is 0 Å². The minimum absolute atomic E-state index is 0.0159. The molecule has 2 saturated carbocycles. The lowest BCUT2D eigenvalue weighted by atomic mass is 9.89. The maximum atomic E-state index is 11.7. The van der Waals surface area contributed by atoms with E-state index in [1.54, 1.807) is 0 Å². The monoisotopic (exact) mass is 268 g/mol. The topological polar surface area (TPSA) is 52.6 Å². The minimum Gasteiger partial charge on any atom is -0.428 e. The van der Waals surface area contributed by atoms with Crippen molar-refractivity contribution in [1.82, 2.24) is 0 Å². The van der Waals surface area contributed by atoms with E-state index in [1.165, 1.54) is 12.8 Å². The molecule has 4 heteroatoms. The normalized spacial score (nSPS) is 21.9. The molecule has 0 radical (unpaired) electrons. The molecule has 0 atom stereocenters. The van der Waals surface area contributed by atoms with Gasteiger partial charge in [-0.2, -0.15) is 0 Å². The first-order valence-corrected chi connectivity index (χ1v) is 7.60. The highest BCUT2D eigenvalue weighted by Crippen LogP contribution is 2.26. The zero-order chi connectivity index (χ0) is 13.5. The SMILES string of the molecule is O=C(OCOC(=O)C1CCCCC1)C1CCCCC1. The maximum Gasteiger partial charge on any atom is 0.311 e. The highest BCUT2D eigenvalue weighted by Gasteiger charge is 2.25. The van der Waals surface area contributed by atoms with Crippen molar-refractivity contribution in [2.75, 3.05) is 6.79 Å². The van der Waals surface area contributed by atoms with Crippen molar-refractivity contribution in [3.8, 4) is 0 Å². The van der Waals surface area contributed by atoms with Crippen molar-refractivity contribution in [2.24, 2.45) is 11.8 Å². The van der Waals surface area contributed by atoms with Crippen LogP contribution >= 0.6 is 0 Å². The van der Waals surface area contributed by atoms with Crippen LogP contribution in [0.2, 0.25) is 0 Å². The summed E-state index contributed by atoms with van der Waals surface area (Å²) in [7, 11) is 0. The first-order valence-electron chi connectivity index (χ1n) is 7.60. The Hall–Kier alpha value is -1.06. The van der Waals surface area contributed by atoms with Gasteiger partial charge in [0.15, 0.2) is 0 Å². The van der Waals surface area contributed by atoms with Gasteiger partial charge in [-0.05, 0) is 25.7 Å². The Morgan fingerprint density at radius 1 is 0.684 bits per heavy atom. The Labute approximate surface area is 114 Å². The van der Waals surface area contributed by atoms with E-state index < -0.39 is 0 Å². The van der Waals surface area contributed by atoms with Crippen LogP contribution < -0.4 is 0 Å². The Morgan fingerprint density at radius 3 is 1.42 bits per heavy atom. The van der Waals surface area contributed by atoms with Gasteiger partial charge in [-0.25, -0.2) is 0 Å². The van der Waals surface area contributed by atoms with Gasteiger partial charge in [0, 0.05) is 0 Å². The summed E-state index contributed by atoms with van der Waals surface area (Å²) in [5.41, 5.74) is 0. The van der Waals surface area contributed by atoms with Gasteiger partial charge in [0.05, 0.1) is 11.8 Å². The van der Waals surface area contributed by atoms with Gasteiger partial charge < -0.3 is 9.47 Å². The van der Waals surface area contributed by atoms with Crippen LogP contribution in [-0.4, -0.2) is 18.7 Å². The van der Waals surface area contributed by atoms with Crippen molar-refractivity contribution in [2.45, 2.75) is 64.2 Å². The second kappa shape index (κ2) is 7.51. The molecule has 2 rings (SSSR count). The van der Waals surface area contributed by atoms with Crippen LogP contribution in [0.1, 0.15) is 64.2 Å². The van der Waals surface area contributed by atoms with Gasteiger partial charge in [-0.1, -0.05) is 38.5 Å². The standard InChI is InChI=1S/C15H24O4/c16-14(12-7-3-1-4-8-12)18-11-19-15(17)13-9-5-2-6-10-13/h12-13H,1-11H2. The third-order valence-electron chi connectivity index (χ3n) is 4.28. The van der Waals surface area contributed by atoms with E-state index in [9.17, 15) is 9.59 Å². The lowest BCUT2D eigenvalue weighted by Gasteiger charge is -2.21. The molecule has 0 aromatic carbocycles. The Balaban J connectivity index is 1.62. The fourth-order valence-corrected chi connectivity index (χ4v) is 3.06. The molecule has 2 aliphatic carbocycles. The van der Waals surface area contributed by atoms with E-state index in [-0.39, 0.29) is 30.6 Å². The first kappa shape index (κ1) is 14.4. The van der Waals surface area contributed by atoms with E-state index in [0.717, 1.165) is 51.4 Å². The molecule has 0 saturated heterocycles. The second-order valence-corrected chi connectivity index (χ2v) is 5.71. The molecular weight excluding hydrogens is 244 g/mol. The average molecular weight is 268 g/mol. The number of carbonyl (C=O) groups is 2. The van der Waals surface area contributed by atoms with Gasteiger partial charge in [0.1, 0.15) is 0 Å². The van der Waals surface area contributed by atoms with Gasteiger partial charge in [0.25, 0.3) is 0 Å². The first-order chi connectivity index (χ1) is 9.27. The summed E-state index contributed by atoms with van der Waals surface area (Å²) in [4.78, 5) is 23.5. The number of hydrogen-bond acceptors (Lipinski definition) is 4. The van der Waals surface area contributed by atoms with Crippen LogP contribution in [0.15, 0.2) is 0 Å². The Morgan fingerprint density at radius 2 is 1.05 bits per heavy atom.